The average Bonchev–Trinajstić information content (AvgIpc) is 2.51. The molecule has 2 aromatic rings. The molecule has 1 atom stereocenters. The first-order valence-electron chi connectivity index (χ1n) is 6.86. The molecule has 0 aliphatic carbocycles. The molecule has 0 bridgehead atoms. The lowest BCUT2D eigenvalue weighted by Crippen LogP contribution is -2.34. The molecule has 6 nitrogen and oxygen atoms in total. The minimum atomic E-state index is -4.11. The first-order chi connectivity index (χ1) is 11.3. The van der Waals surface area contributed by atoms with Crippen LogP contribution in [0.3, 0.4) is 0 Å². The maximum Gasteiger partial charge on any atom is 0.265 e. The number of nitrogens with one attached hydrogen (secondary N) is 2. The summed E-state index contributed by atoms with van der Waals surface area (Å²) in [5.41, 5.74) is 0.445. The number of ether oxygens (including phenoxy) is 1. The SMILES string of the molecule is C[C@@H]1Oc2ccc(NS(=O)(=O)c3ccc(F)c(F)c3)cc2NC1=O. The zero-order valence-corrected chi connectivity index (χ0v) is 13.2. The van der Waals surface area contributed by atoms with Crippen molar-refractivity contribution >= 4 is 27.3 Å². The highest BCUT2D eigenvalue weighted by molar-refractivity contribution is 7.92. The number of sulfonamides is 1. The number of benzene rings is 2. The zero-order chi connectivity index (χ0) is 17.5. The molecule has 1 aliphatic heterocycles. The van der Waals surface area contributed by atoms with Gasteiger partial charge in [0.2, 0.25) is 0 Å². The minimum Gasteiger partial charge on any atom is -0.479 e. The molecule has 0 saturated heterocycles. The van der Waals surface area contributed by atoms with Crippen molar-refractivity contribution in [3.05, 3.63) is 48.0 Å². The Morgan fingerprint density at radius 3 is 2.58 bits per heavy atom. The van der Waals surface area contributed by atoms with Crippen LogP contribution in [-0.4, -0.2) is 20.4 Å². The molecular formula is C15H12F2N2O4S. The second-order valence-corrected chi connectivity index (χ2v) is 6.82. The van der Waals surface area contributed by atoms with E-state index in [0.29, 0.717) is 17.5 Å². The Morgan fingerprint density at radius 1 is 1.12 bits per heavy atom. The first-order valence-corrected chi connectivity index (χ1v) is 8.34. The van der Waals surface area contributed by atoms with Crippen molar-refractivity contribution in [2.24, 2.45) is 0 Å². The Hall–Kier alpha value is -2.68. The van der Waals surface area contributed by atoms with Crippen molar-refractivity contribution in [3.8, 4) is 5.75 Å². The van der Waals surface area contributed by atoms with Gasteiger partial charge in [0.15, 0.2) is 17.7 Å². The summed E-state index contributed by atoms with van der Waals surface area (Å²) in [6.07, 6.45) is -0.651. The van der Waals surface area contributed by atoms with Gasteiger partial charge in [-0.3, -0.25) is 9.52 Å². The Bertz CT molecular complexity index is 931. The number of amides is 1. The molecule has 9 heteroatoms. The lowest BCUT2D eigenvalue weighted by molar-refractivity contribution is -0.122. The molecule has 0 spiro atoms. The molecule has 0 saturated carbocycles. The summed E-state index contributed by atoms with van der Waals surface area (Å²) in [5, 5.41) is 2.58. The van der Waals surface area contributed by atoms with E-state index in [1.165, 1.54) is 18.2 Å². The van der Waals surface area contributed by atoms with E-state index >= 15 is 0 Å². The Balaban J connectivity index is 1.89. The van der Waals surface area contributed by atoms with Gasteiger partial charge in [-0.15, -0.1) is 0 Å². The van der Waals surface area contributed by atoms with Crippen LogP contribution in [0.4, 0.5) is 20.2 Å². The molecular weight excluding hydrogens is 342 g/mol. The van der Waals surface area contributed by atoms with E-state index in [1.807, 2.05) is 0 Å². The second kappa shape index (κ2) is 5.75. The van der Waals surface area contributed by atoms with Crippen LogP contribution in [0.2, 0.25) is 0 Å². The molecule has 0 aromatic heterocycles. The average molecular weight is 354 g/mol. The highest BCUT2D eigenvalue weighted by atomic mass is 32.2. The van der Waals surface area contributed by atoms with E-state index < -0.39 is 32.7 Å². The van der Waals surface area contributed by atoms with Gasteiger partial charge in [-0.25, -0.2) is 17.2 Å². The Morgan fingerprint density at radius 2 is 1.88 bits per heavy atom. The molecule has 3 rings (SSSR count). The van der Waals surface area contributed by atoms with Crippen LogP contribution in [0.15, 0.2) is 41.3 Å². The van der Waals surface area contributed by atoms with Crippen LogP contribution >= 0.6 is 0 Å². The van der Waals surface area contributed by atoms with Crippen molar-refractivity contribution in [2.45, 2.75) is 17.9 Å². The smallest absolute Gasteiger partial charge is 0.265 e. The fourth-order valence-corrected chi connectivity index (χ4v) is 3.19. The molecule has 0 fully saturated rings. The van der Waals surface area contributed by atoms with Gasteiger partial charge in [-0.1, -0.05) is 0 Å². The number of anilines is 2. The molecule has 0 radical (unpaired) electrons. The van der Waals surface area contributed by atoms with Crippen LogP contribution < -0.4 is 14.8 Å². The van der Waals surface area contributed by atoms with Gasteiger partial charge in [-0.05, 0) is 43.3 Å². The van der Waals surface area contributed by atoms with E-state index in [9.17, 15) is 22.0 Å². The van der Waals surface area contributed by atoms with E-state index in [1.54, 1.807) is 6.92 Å². The summed E-state index contributed by atoms with van der Waals surface area (Å²) in [5.74, 6) is -2.37. The lowest BCUT2D eigenvalue weighted by atomic mass is 10.2. The molecule has 2 aromatic carbocycles. The fraction of sp³-hybridized carbons (Fsp3) is 0.133. The third kappa shape index (κ3) is 3.02. The minimum absolute atomic E-state index is 0.136. The summed E-state index contributed by atoms with van der Waals surface area (Å²) in [7, 11) is -4.11. The quantitative estimate of drug-likeness (QED) is 0.887. The van der Waals surface area contributed by atoms with Crippen LogP contribution in [0.1, 0.15) is 6.92 Å². The molecule has 126 valence electrons. The summed E-state index contributed by atoms with van der Waals surface area (Å²) < 4.78 is 58.2. The fourth-order valence-electron chi connectivity index (χ4n) is 2.13. The van der Waals surface area contributed by atoms with E-state index in [2.05, 4.69) is 10.0 Å². The van der Waals surface area contributed by atoms with Crippen molar-refractivity contribution in [2.75, 3.05) is 10.0 Å². The predicted octanol–water partition coefficient (Wildman–Crippen LogP) is 2.49. The molecule has 24 heavy (non-hydrogen) atoms. The molecule has 1 amide bonds. The van der Waals surface area contributed by atoms with Gasteiger partial charge in [0.25, 0.3) is 15.9 Å². The van der Waals surface area contributed by atoms with Crippen molar-refractivity contribution in [1.29, 1.82) is 0 Å². The highest BCUT2D eigenvalue weighted by Gasteiger charge is 2.24. The number of halogens is 2. The lowest BCUT2D eigenvalue weighted by Gasteiger charge is -2.23. The van der Waals surface area contributed by atoms with Crippen LogP contribution in [0.25, 0.3) is 0 Å². The van der Waals surface area contributed by atoms with Gasteiger partial charge in [-0.2, -0.15) is 0 Å². The van der Waals surface area contributed by atoms with Crippen molar-refractivity contribution in [3.63, 3.8) is 0 Å². The van der Waals surface area contributed by atoms with E-state index in [-0.39, 0.29) is 11.6 Å². The maximum absolute atomic E-state index is 13.2. The standard InChI is InChI=1S/C15H12F2N2O4S/c1-8-15(20)18-13-6-9(2-5-14(13)23-8)19-24(21,22)10-3-4-11(16)12(17)7-10/h2-8,19H,1H3,(H,18,20)/t8-/m0/s1. The number of rotatable bonds is 3. The summed E-state index contributed by atoms with van der Waals surface area (Å²) in [6.45, 7) is 1.58. The summed E-state index contributed by atoms with van der Waals surface area (Å²) in [4.78, 5) is 11.2. The molecule has 2 N–H and O–H groups in total. The largest absolute Gasteiger partial charge is 0.479 e. The Kier molecular flexibility index (Phi) is 3.88. The van der Waals surface area contributed by atoms with Gasteiger partial charge in [0.05, 0.1) is 16.3 Å². The maximum atomic E-state index is 13.2. The second-order valence-electron chi connectivity index (χ2n) is 5.14. The number of carbonyl (C=O) groups is 1. The summed E-state index contributed by atoms with van der Waals surface area (Å²) in [6, 6.07) is 6.56. The van der Waals surface area contributed by atoms with Gasteiger partial charge >= 0.3 is 0 Å². The normalized spacial score (nSPS) is 16.8. The van der Waals surface area contributed by atoms with Gasteiger partial charge in [0, 0.05) is 0 Å². The third-order valence-corrected chi connectivity index (χ3v) is 4.74. The molecule has 0 unspecified atom stereocenters. The number of hydrogen-bond donors (Lipinski definition) is 2. The monoisotopic (exact) mass is 354 g/mol. The van der Waals surface area contributed by atoms with Crippen LogP contribution in [-0.2, 0) is 14.8 Å². The number of fused-ring (bicyclic) bond motifs is 1. The van der Waals surface area contributed by atoms with E-state index in [4.69, 9.17) is 4.74 Å². The van der Waals surface area contributed by atoms with Crippen molar-refractivity contribution in [1.82, 2.24) is 0 Å². The predicted molar refractivity (Wildman–Crippen MR) is 82.3 cm³/mol. The topological polar surface area (TPSA) is 84.5 Å². The van der Waals surface area contributed by atoms with Crippen molar-refractivity contribution < 1.29 is 26.7 Å². The Labute approximate surface area is 136 Å². The molecule has 1 aliphatic rings. The first kappa shape index (κ1) is 16.2. The summed E-state index contributed by atoms with van der Waals surface area (Å²) >= 11 is 0. The zero-order valence-electron chi connectivity index (χ0n) is 12.3. The third-order valence-electron chi connectivity index (χ3n) is 3.36. The van der Waals surface area contributed by atoms with Gasteiger partial charge < -0.3 is 10.1 Å². The highest BCUT2D eigenvalue weighted by Crippen LogP contribution is 2.32. The van der Waals surface area contributed by atoms with Gasteiger partial charge in [0.1, 0.15) is 5.75 Å². The van der Waals surface area contributed by atoms with E-state index in [0.717, 1.165) is 12.1 Å². The molecule has 1 heterocycles. The van der Waals surface area contributed by atoms with Crippen LogP contribution in [0.5, 0.6) is 5.75 Å². The van der Waals surface area contributed by atoms with Crippen LogP contribution in [0, 0.1) is 11.6 Å². The number of carbonyl (C=O) groups excluding carboxylic acids is 1. The number of hydrogen-bond acceptors (Lipinski definition) is 4.